The lowest BCUT2D eigenvalue weighted by Gasteiger charge is -2.29. The molecule has 0 amide bonds. The molecule has 0 aliphatic heterocycles. The average Bonchev–Trinajstić information content (AvgIpc) is 3.22. The van der Waals surface area contributed by atoms with Crippen molar-refractivity contribution < 1.29 is 0 Å². The summed E-state index contributed by atoms with van der Waals surface area (Å²) in [5, 5.41) is 12.1. The zero-order chi connectivity index (χ0) is 15.8. The maximum absolute atomic E-state index is 5.01. The molecule has 6 nitrogen and oxygen atoms in total. The van der Waals surface area contributed by atoms with Crippen molar-refractivity contribution >= 4 is 17.9 Å². The Hall–Kier alpha value is -1.92. The first kappa shape index (κ1) is 16.9. The Morgan fingerprint density at radius 2 is 2.08 bits per heavy atom. The average molecular weight is 347 g/mol. The number of halogens is 1. The summed E-state index contributed by atoms with van der Waals surface area (Å²) in [6, 6.07) is 2.65. The lowest BCUT2D eigenvalue weighted by atomic mass is 9.83. The molecule has 4 rings (SSSR count). The Morgan fingerprint density at radius 1 is 1.21 bits per heavy atom. The van der Waals surface area contributed by atoms with Crippen LogP contribution in [0, 0.1) is 0 Å². The van der Waals surface area contributed by atoms with Crippen molar-refractivity contribution in [3.05, 3.63) is 36.5 Å². The van der Waals surface area contributed by atoms with Gasteiger partial charge in [-0.3, -0.25) is 4.68 Å². The number of rotatable bonds is 3. The monoisotopic (exact) mass is 346 g/mol. The highest BCUT2D eigenvalue weighted by atomic mass is 35.5. The largest absolute Gasteiger partial charge is 0.317 e. The van der Waals surface area contributed by atoms with Gasteiger partial charge < -0.3 is 5.32 Å². The SMILES string of the molecule is CN[C@H]1CCC[C@H](c2nc(-c3cnn(C)c3)cn3nccc23)C1.Cl. The van der Waals surface area contributed by atoms with Crippen LogP contribution in [-0.4, -0.2) is 37.5 Å². The normalized spacial score (nSPS) is 20.9. The molecule has 0 radical (unpaired) electrons. The van der Waals surface area contributed by atoms with E-state index in [4.69, 9.17) is 4.98 Å². The number of hydrogen-bond donors (Lipinski definition) is 1. The minimum Gasteiger partial charge on any atom is -0.317 e. The molecule has 0 unspecified atom stereocenters. The minimum absolute atomic E-state index is 0. The fourth-order valence-electron chi connectivity index (χ4n) is 3.65. The van der Waals surface area contributed by atoms with E-state index in [0.29, 0.717) is 12.0 Å². The Labute approximate surface area is 147 Å². The summed E-state index contributed by atoms with van der Waals surface area (Å²) in [5.41, 5.74) is 4.27. The van der Waals surface area contributed by atoms with Crippen LogP contribution in [0.5, 0.6) is 0 Å². The van der Waals surface area contributed by atoms with Crippen LogP contribution in [0.2, 0.25) is 0 Å². The third-order valence-electron chi connectivity index (χ3n) is 4.89. The topological polar surface area (TPSA) is 60.0 Å². The number of nitrogens with zero attached hydrogens (tertiary/aromatic N) is 5. The molecule has 0 spiro atoms. The van der Waals surface area contributed by atoms with Crippen molar-refractivity contribution in [1.82, 2.24) is 29.7 Å². The van der Waals surface area contributed by atoms with E-state index in [9.17, 15) is 0 Å². The van der Waals surface area contributed by atoms with Crippen molar-refractivity contribution in [3.8, 4) is 11.3 Å². The zero-order valence-corrected chi connectivity index (χ0v) is 14.8. The number of aromatic nitrogens is 5. The molecule has 128 valence electrons. The van der Waals surface area contributed by atoms with E-state index in [2.05, 4.69) is 28.6 Å². The molecule has 3 aromatic rings. The summed E-state index contributed by atoms with van der Waals surface area (Å²) < 4.78 is 3.76. The smallest absolute Gasteiger partial charge is 0.0921 e. The number of nitrogens with one attached hydrogen (secondary N) is 1. The molecule has 3 heterocycles. The van der Waals surface area contributed by atoms with Crippen LogP contribution < -0.4 is 5.32 Å². The first-order valence-corrected chi connectivity index (χ1v) is 8.25. The predicted octanol–water partition coefficient (Wildman–Crippen LogP) is 2.80. The van der Waals surface area contributed by atoms with Crippen molar-refractivity contribution in [2.45, 2.75) is 37.6 Å². The van der Waals surface area contributed by atoms with Gasteiger partial charge in [-0.15, -0.1) is 12.4 Å². The molecule has 3 aromatic heterocycles. The summed E-state index contributed by atoms with van der Waals surface area (Å²) in [4.78, 5) is 5.01. The second-order valence-corrected chi connectivity index (χ2v) is 6.42. The molecule has 24 heavy (non-hydrogen) atoms. The maximum atomic E-state index is 5.01. The molecule has 1 aliphatic rings. The van der Waals surface area contributed by atoms with Crippen LogP contribution in [0.1, 0.15) is 37.3 Å². The van der Waals surface area contributed by atoms with Gasteiger partial charge in [-0.25, -0.2) is 9.50 Å². The van der Waals surface area contributed by atoms with Crippen LogP contribution in [0.3, 0.4) is 0 Å². The van der Waals surface area contributed by atoms with Crippen molar-refractivity contribution in [2.24, 2.45) is 7.05 Å². The van der Waals surface area contributed by atoms with Crippen LogP contribution in [0.25, 0.3) is 16.8 Å². The highest BCUT2D eigenvalue weighted by Crippen LogP contribution is 2.35. The van der Waals surface area contributed by atoms with Gasteiger partial charge in [0.05, 0.1) is 35.5 Å². The molecular formula is C17H23ClN6. The van der Waals surface area contributed by atoms with Gasteiger partial charge in [0.15, 0.2) is 0 Å². The molecule has 1 aliphatic carbocycles. The van der Waals surface area contributed by atoms with Gasteiger partial charge >= 0.3 is 0 Å². The van der Waals surface area contributed by atoms with E-state index in [1.54, 1.807) is 0 Å². The van der Waals surface area contributed by atoms with Gasteiger partial charge in [-0.2, -0.15) is 10.2 Å². The standard InChI is InChI=1S/C17H22N6.ClH/c1-18-14-5-3-4-12(8-14)17-16-6-7-19-23(16)11-15(21-17)13-9-20-22(2)10-13;/h6-7,9-12,14,18H,3-5,8H2,1-2H3;1H/t12-,14-;/m0./s1. The lowest BCUT2D eigenvalue weighted by Crippen LogP contribution is -2.31. The molecule has 0 saturated heterocycles. The quantitative estimate of drug-likeness (QED) is 0.792. The van der Waals surface area contributed by atoms with Crippen LogP contribution in [0.4, 0.5) is 0 Å². The Balaban J connectivity index is 0.00000169. The fraction of sp³-hybridized carbons (Fsp3) is 0.471. The zero-order valence-electron chi connectivity index (χ0n) is 14.0. The van der Waals surface area contributed by atoms with Gasteiger partial charge in [0, 0.05) is 30.8 Å². The van der Waals surface area contributed by atoms with E-state index >= 15 is 0 Å². The number of aryl methyl sites for hydroxylation is 1. The molecular weight excluding hydrogens is 324 g/mol. The molecule has 7 heteroatoms. The Morgan fingerprint density at radius 3 is 2.83 bits per heavy atom. The molecule has 1 fully saturated rings. The van der Waals surface area contributed by atoms with E-state index in [1.807, 2.05) is 41.0 Å². The molecule has 0 bridgehead atoms. The predicted molar refractivity (Wildman–Crippen MR) is 96.5 cm³/mol. The second-order valence-electron chi connectivity index (χ2n) is 6.42. The van der Waals surface area contributed by atoms with Crippen molar-refractivity contribution in [3.63, 3.8) is 0 Å². The summed E-state index contributed by atoms with van der Waals surface area (Å²) in [5.74, 6) is 0.483. The van der Waals surface area contributed by atoms with Crippen LogP contribution in [0.15, 0.2) is 30.9 Å². The van der Waals surface area contributed by atoms with Gasteiger partial charge in [0.2, 0.25) is 0 Å². The van der Waals surface area contributed by atoms with E-state index in [1.165, 1.54) is 25.0 Å². The highest BCUT2D eigenvalue weighted by molar-refractivity contribution is 5.85. The maximum Gasteiger partial charge on any atom is 0.0921 e. The Bertz CT molecular complexity index is 823. The summed E-state index contributed by atoms with van der Waals surface area (Å²) in [6.07, 6.45) is 12.5. The molecule has 0 aromatic carbocycles. The number of hydrogen-bond acceptors (Lipinski definition) is 4. The summed E-state index contributed by atoms with van der Waals surface area (Å²) in [7, 11) is 3.98. The third-order valence-corrected chi connectivity index (χ3v) is 4.89. The van der Waals surface area contributed by atoms with Gasteiger partial charge in [-0.1, -0.05) is 6.42 Å². The molecule has 1 saturated carbocycles. The van der Waals surface area contributed by atoms with Gasteiger partial charge in [0.25, 0.3) is 0 Å². The van der Waals surface area contributed by atoms with Crippen LogP contribution >= 0.6 is 12.4 Å². The first-order valence-electron chi connectivity index (χ1n) is 8.25. The van der Waals surface area contributed by atoms with E-state index in [0.717, 1.165) is 23.2 Å². The Kier molecular flexibility index (Phi) is 4.87. The second kappa shape index (κ2) is 6.91. The van der Waals surface area contributed by atoms with Crippen molar-refractivity contribution in [1.29, 1.82) is 0 Å². The van der Waals surface area contributed by atoms with Gasteiger partial charge in [0.1, 0.15) is 0 Å². The fourth-order valence-corrected chi connectivity index (χ4v) is 3.65. The highest BCUT2D eigenvalue weighted by Gasteiger charge is 2.25. The van der Waals surface area contributed by atoms with E-state index < -0.39 is 0 Å². The minimum atomic E-state index is 0. The third kappa shape index (κ3) is 3.03. The number of fused-ring (bicyclic) bond motifs is 1. The molecule has 2 atom stereocenters. The van der Waals surface area contributed by atoms with E-state index in [-0.39, 0.29) is 12.4 Å². The first-order chi connectivity index (χ1) is 11.2. The summed E-state index contributed by atoms with van der Waals surface area (Å²) >= 11 is 0. The molecule has 1 N–H and O–H groups in total. The lowest BCUT2D eigenvalue weighted by molar-refractivity contribution is 0.352. The van der Waals surface area contributed by atoms with Crippen LogP contribution in [-0.2, 0) is 7.05 Å². The van der Waals surface area contributed by atoms with Crippen molar-refractivity contribution in [2.75, 3.05) is 7.05 Å². The van der Waals surface area contributed by atoms with Gasteiger partial charge in [-0.05, 0) is 32.4 Å². The summed E-state index contributed by atoms with van der Waals surface area (Å²) in [6.45, 7) is 0.